The summed E-state index contributed by atoms with van der Waals surface area (Å²) < 4.78 is 4.75. The van der Waals surface area contributed by atoms with Gasteiger partial charge in [0.15, 0.2) is 0 Å². The van der Waals surface area contributed by atoms with Crippen molar-refractivity contribution >= 4 is 5.97 Å². The van der Waals surface area contributed by atoms with Gasteiger partial charge in [-0.25, -0.2) is 4.79 Å². The maximum Gasteiger partial charge on any atom is 0.336 e. The van der Waals surface area contributed by atoms with Gasteiger partial charge in [0.1, 0.15) is 6.10 Å². The standard InChI is InChI=1S/C10H12O4/c1-14-6-9(11)7-4-2-3-5-8(7)10(12)13/h2-5,9,11H,6H2,1H3,(H,12,13). The second-order valence-electron chi connectivity index (χ2n) is 2.86. The van der Waals surface area contributed by atoms with Gasteiger partial charge in [0.25, 0.3) is 0 Å². The fraction of sp³-hybridized carbons (Fsp3) is 0.300. The van der Waals surface area contributed by atoms with E-state index in [0.29, 0.717) is 5.56 Å². The van der Waals surface area contributed by atoms with Crippen molar-refractivity contribution < 1.29 is 19.7 Å². The number of hydrogen-bond acceptors (Lipinski definition) is 3. The Kier molecular flexibility index (Phi) is 3.62. The van der Waals surface area contributed by atoms with Gasteiger partial charge in [-0.1, -0.05) is 18.2 Å². The number of methoxy groups -OCH3 is 1. The van der Waals surface area contributed by atoms with Gasteiger partial charge in [-0.2, -0.15) is 0 Å². The lowest BCUT2D eigenvalue weighted by atomic mass is 10.0. The van der Waals surface area contributed by atoms with Gasteiger partial charge < -0.3 is 14.9 Å². The maximum atomic E-state index is 10.8. The van der Waals surface area contributed by atoms with Crippen LogP contribution in [0.2, 0.25) is 0 Å². The minimum Gasteiger partial charge on any atom is -0.478 e. The van der Waals surface area contributed by atoms with Crippen molar-refractivity contribution in [2.75, 3.05) is 13.7 Å². The van der Waals surface area contributed by atoms with E-state index in [1.54, 1.807) is 18.2 Å². The molecule has 0 fully saturated rings. The highest BCUT2D eigenvalue weighted by Gasteiger charge is 2.15. The van der Waals surface area contributed by atoms with Crippen LogP contribution in [-0.4, -0.2) is 29.9 Å². The molecule has 0 aliphatic rings. The minimum absolute atomic E-state index is 0.0876. The molecule has 0 saturated heterocycles. The Balaban J connectivity index is 3.00. The molecule has 0 aromatic heterocycles. The van der Waals surface area contributed by atoms with E-state index in [0.717, 1.165) is 0 Å². The molecule has 1 unspecified atom stereocenters. The van der Waals surface area contributed by atoms with E-state index in [4.69, 9.17) is 9.84 Å². The summed E-state index contributed by atoms with van der Waals surface area (Å²) in [6.45, 7) is 0.0876. The first-order valence-electron chi connectivity index (χ1n) is 4.16. The molecule has 0 spiro atoms. The van der Waals surface area contributed by atoms with E-state index >= 15 is 0 Å². The van der Waals surface area contributed by atoms with Crippen LogP contribution < -0.4 is 0 Å². The third-order valence-corrected chi connectivity index (χ3v) is 1.87. The summed E-state index contributed by atoms with van der Waals surface area (Å²) in [5, 5.41) is 18.4. The van der Waals surface area contributed by atoms with E-state index in [2.05, 4.69) is 0 Å². The largest absolute Gasteiger partial charge is 0.478 e. The molecule has 14 heavy (non-hydrogen) atoms. The number of carboxylic acid groups (broad SMARTS) is 1. The molecule has 76 valence electrons. The molecule has 1 rings (SSSR count). The lowest BCUT2D eigenvalue weighted by molar-refractivity contribution is 0.0591. The molecule has 0 bridgehead atoms. The zero-order chi connectivity index (χ0) is 10.6. The highest BCUT2D eigenvalue weighted by Crippen LogP contribution is 2.17. The van der Waals surface area contributed by atoms with Crippen molar-refractivity contribution in [3.63, 3.8) is 0 Å². The van der Waals surface area contributed by atoms with E-state index < -0.39 is 12.1 Å². The molecule has 0 amide bonds. The first-order valence-corrected chi connectivity index (χ1v) is 4.16. The van der Waals surface area contributed by atoms with Crippen LogP contribution >= 0.6 is 0 Å². The van der Waals surface area contributed by atoms with Crippen LogP contribution in [0.3, 0.4) is 0 Å². The average Bonchev–Trinajstić information content (AvgIpc) is 2.18. The molecule has 0 radical (unpaired) electrons. The molecule has 1 aromatic carbocycles. The first kappa shape index (κ1) is 10.7. The van der Waals surface area contributed by atoms with Crippen LogP contribution in [0.4, 0.5) is 0 Å². The molecule has 0 heterocycles. The van der Waals surface area contributed by atoms with Crippen LogP contribution in [0.25, 0.3) is 0 Å². The summed E-state index contributed by atoms with van der Waals surface area (Å²) in [7, 11) is 1.45. The van der Waals surface area contributed by atoms with Crippen molar-refractivity contribution in [3.8, 4) is 0 Å². The van der Waals surface area contributed by atoms with Crippen molar-refractivity contribution in [1.82, 2.24) is 0 Å². The number of rotatable bonds is 4. The third kappa shape index (κ3) is 2.31. The smallest absolute Gasteiger partial charge is 0.336 e. The Morgan fingerprint density at radius 2 is 2.14 bits per heavy atom. The van der Waals surface area contributed by atoms with Gasteiger partial charge in [-0.3, -0.25) is 0 Å². The number of aliphatic hydroxyl groups excluding tert-OH is 1. The maximum absolute atomic E-state index is 10.8. The van der Waals surface area contributed by atoms with Crippen molar-refractivity contribution in [1.29, 1.82) is 0 Å². The Hall–Kier alpha value is -1.39. The molecular weight excluding hydrogens is 184 g/mol. The van der Waals surface area contributed by atoms with Crippen molar-refractivity contribution in [2.24, 2.45) is 0 Å². The molecular formula is C10H12O4. The van der Waals surface area contributed by atoms with Crippen LogP contribution in [0.1, 0.15) is 22.0 Å². The van der Waals surface area contributed by atoms with E-state index in [1.165, 1.54) is 13.2 Å². The Bertz CT molecular complexity index is 322. The molecule has 1 atom stereocenters. The predicted octanol–water partition coefficient (Wildman–Crippen LogP) is 1.06. The van der Waals surface area contributed by atoms with Gasteiger partial charge in [0, 0.05) is 7.11 Å². The Labute approximate surface area is 81.8 Å². The molecule has 0 aliphatic heterocycles. The summed E-state index contributed by atoms with van der Waals surface area (Å²) in [4.78, 5) is 10.8. The fourth-order valence-corrected chi connectivity index (χ4v) is 1.23. The van der Waals surface area contributed by atoms with Crippen LogP contribution in [-0.2, 0) is 4.74 Å². The number of hydrogen-bond donors (Lipinski definition) is 2. The predicted molar refractivity (Wildman–Crippen MR) is 50.2 cm³/mol. The summed E-state index contributed by atoms with van der Waals surface area (Å²) >= 11 is 0. The molecule has 4 heteroatoms. The van der Waals surface area contributed by atoms with Gasteiger partial charge >= 0.3 is 5.97 Å². The van der Waals surface area contributed by atoms with E-state index in [9.17, 15) is 9.90 Å². The zero-order valence-corrected chi connectivity index (χ0v) is 7.80. The first-order chi connectivity index (χ1) is 6.66. The number of carbonyl (C=O) groups is 1. The van der Waals surface area contributed by atoms with Gasteiger partial charge in [-0.05, 0) is 11.6 Å². The van der Waals surface area contributed by atoms with Gasteiger partial charge in [0.2, 0.25) is 0 Å². The second-order valence-corrected chi connectivity index (χ2v) is 2.86. The molecule has 1 aromatic rings. The Morgan fingerprint density at radius 3 is 2.71 bits per heavy atom. The fourth-order valence-electron chi connectivity index (χ4n) is 1.23. The molecule has 0 aliphatic carbocycles. The van der Waals surface area contributed by atoms with Crippen LogP contribution in [0, 0.1) is 0 Å². The van der Waals surface area contributed by atoms with Crippen molar-refractivity contribution in [3.05, 3.63) is 35.4 Å². The number of aliphatic hydroxyl groups is 1. The number of benzene rings is 1. The van der Waals surface area contributed by atoms with E-state index in [-0.39, 0.29) is 12.2 Å². The molecule has 0 saturated carbocycles. The highest BCUT2D eigenvalue weighted by atomic mass is 16.5. The average molecular weight is 196 g/mol. The summed E-state index contributed by atoms with van der Waals surface area (Å²) in [5.41, 5.74) is 0.485. The van der Waals surface area contributed by atoms with E-state index in [1.807, 2.05) is 0 Å². The second kappa shape index (κ2) is 4.74. The Morgan fingerprint density at radius 1 is 1.50 bits per heavy atom. The number of carboxylic acids is 1. The van der Waals surface area contributed by atoms with Crippen LogP contribution in [0.5, 0.6) is 0 Å². The molecule has 4 nitrogen and oxygen atoms in total. The summed E-state index contributed by atoms with van der Waals surface area (Å²) in [6, 6.07) is 6.33. The minimum atomic E-state index is -1.05. The summed E-state index contributed by atoms with van der Waals surface area (Å²) in [5.74, 6) is -1.05. The van der Waals surface area contributed by atoms with Gasteiger partial charge in [0.05, 0.1) is 12.2 Å². The van der Waals surface area contributed by atoms with Crippen molar-refractivity contribution in [2.45, 2.75) is 6.10 Å². The topological polar surface area (TPSA) is 66.8 Å². The molecule has 2 N–H and O–H groups in total. The monoisotopic (exact) mass is 196 g/mol. The quantitative estimate of drug-likeness (QED) is 0.755. The van der Waals surface area contributed by atoms with Gasteiger partial charge in [-0.15, -0.1) is 0 Å². The third-order valence-electron chi connectivity index (χ3n) is 1.87. The summed E-state index contributed by atoms with van der Waals surface area (Å²) in [6.07, 6.45) is -0.896. The zero-order valence-electron chi connectivity index (χ0n) is 7.80. The van der Waals surface area contributed by atoms with Crippen LogP contribution in [0.15, 0.2) is 24.3 Å². The normalized spacial score (nSPS) is 12.4. The highest BCUT2D eigenvalue weighted by molar-refractivity contribution is 5.89. The number of ether oxygens (including phenoxy) is 1. The lowest BCUT2D eigenvalue weighted by Crippen LogP contribution is -2.10. The lowest BCUT2D eigenvalue weighted by Gasteiger charge is -2.11. The number of aromatic carboxylic acids is 1. The SMILES string of the molecule is COCC(O)c1ccccc1C(=O)O.